The summed E-state index contributed by atoms with van der Waals surface area (Å²) in [6.45, 7) is 4.64. The quantitative estimate of drug-likeness (QED) is 0.687. The number of carbonyl (C=O) groups is 2. The van der Waals surface area contributed by atoms with E-state index in [0.717, 1.165) is 0 Å². The van der Waals surface area contributed by atoms with Crippen LogP contribution < -0.4 is 5.32 Å². The molecule has 3 aromatic rings. The highest BCUT2D eigenvalue weighted by Crippen LogP contribution is 2.26. The monoisotopic (exact) mass is 368 g/mol. The lowest BCUT2D eigenvalue weighted by molar-refractivity contribution is -0.123. The molecule has 0 fully saturated rings. The van der Waals surface area contributed by atoms with Gasteiger partial charge in [-0.05, 0) is 32.9 Å². The van der Waals surface area contributed by atoms with Crippen molar-refractivity contribution in [3.05, 3.63) is 53.2 Å². The van der Waals surface area contributed by atoms with Crippen LogP contribution in [-0.4, -0.2) is 27.7 Å². The van der Waals surface area contributed by atoms with Crippen molar-refractivity contribution in [3.63, 3.8) is 0 Å². The highest BCUT2D eigenvalue weighted by molar-refractivity contribution is 5.98. The van der Waals surface area contributed by atoms with E-state index < -0.39 is 18.0 Å². The molecule has 0 aliphatic carbocycles. The Morgan fingerprint density at radius 2 is 2.04 bits per heavy atom. The molecule has 138 valence electrons. The Kier molecular flexibility index (Phi) is 4.81. The van der Waals surface area contributed by atoms with Gasteiger partial charge in [0, 0.05) is 18.5 Å². The summed E-state index contributed by atoms with van der Waals surface area (Å²) in [6.07, 6.45) is 2.25. The minimum absolute atomic E-state index is 0.0156. The van der Waals surface area contributed by atoms with Crippen molar-refractivity contribution < 1.29 is 23.3 Å². The molecule has 9 nitrogen and oxygen atoms in total. The van der Waals surface area contributed by atoms with Crippen LogP contribution in [0.3, 0.4) is 0 Å². The van der Waals surface area contributed by atoms with Crippen molar-refractivity contribution in [2.45, 2.75) is 26.9 Å². The van der Waals surface area contributed by atoms with Crippen molar-refractivity contribution in [2.75, 3.05) is 5.32 Å². The SMILES string of the molecule is Cc1cc(NC(=O)[C@@H](C)OC(=O)c2c(C)oc(-n3cccc3)c2C#N)no1. The maximum Gasteiger partial charge on any atom is 0.343 e. The number of rotatable bonds is 5. The van der Waals surface area contributed by atoms with Crippen LogP contribution in [0, 0.1) is 25.2 Å². The van der Waals surface area contributed by atoms with Gasteiger partial charge in [-0.25, -0.2) is 4.79 Å². The van der Waals surface area contributed by atoms with E-state index in [1.54, 1.807) is 42.9 Å². The van der Waals surface area contributed by atoms with Gasteiger partial charge in [-0.15, -0.1) is 0 Å². The highest BCUT2D eigenvalue weighted by Gasteiger charge is 2.28. The summed E-state index contributed by atoms with van der Waals surface area (Å²) in [7, 11) is 0. The van der Waals surface area contributed by atoms with Crippen LogP contribution in [0.15, 0.2) is 39.5 Å². The summed E-state index contributed by atoms with van der Waals surface area (Å²) < 4.78 is 17.2. The molecule has 0 spiro atoms. The Hall–Kier alpha value is -3.80. The predicted molar refractivity (Wildman–Crippen MR) is 92.2 cm³/mol. The molecule has 1 N–H and O–H groups in total. The second-order valence-corrected chi connectivity index (χ2v) is 5.78. The molecule has 0 radical (unpaired) electrons. The minimum atomic E-state index is -1.12. The van der Waals surface area contributed by atoms with Gasteiger partial charge in [0.1, 0.15) is 28.7 Å². The number of hydrogen-bond acceptors (Lipinski definition) is 7. The molecule has 9 heteroatoms. The Morgan fingerprint density at radius 3 is 2.63 bits per heavy atom. The van der Waals surface area contributed by atoms with Gasteiger partial charge in [0.2, 0.25) is 5.88 Å². The zero-order chi connectivity index (χ0) is 19.6. The predicted octanol–water partition coefficient (Wildman–Crippen LogP) is 2.73. The topological polar surface area (TPSA) is 123 Å². The lowest BCUT2D eigenvalue weighted by Crippen LogP contribution is -2.30. The number of carbonyl (C=O) groups excluding carboxylic acids is 2. The number of aromatic nitrogens is 2. The molecular formula is C18H16N4O5. The first kappa shape index (κ1) is 18.0. The fourth-order valence-corrected chi connectivity index (χ4v) is 2.46. The first-order chi connectivity index (χ1) is 12.9. The molecular weight excluding hydrogens is 352 g/mol. The molecule has 27 heavy (non-hydrogen) atoms. The van der Waals surface area contributed by atoms with E-state index in [1.807, 2.05) is 6.07 Å². The summed E-state index contributed by atoms with van der Waals surface area (Å²) in [6, 6.07) is 7.01. The van der Waals surface area contributed by atoms with Gasteiger partial charge in [-0.3, -0.25) is 9.36 Å². The summed E-state index contributed by atoms with van der Waals surface area (Å²) in [5.41, 5.74) is 0.0200. The smallest absolute Gasteiger partial charge is 0.343 e. The van der Waals surface area contributed by atoms with Gasteiger partial charge in [-0.2, -0.15) is 5.26 Å². The third-order valence-electron chi connectivity index (χ3n) is 3.75. The Balaban J connectivity index is 1.78. The van der Waals surface area contributed by atoms with Gasteiger partial charge in [-0.1, -0.05) is 5.16 Å². The first-order valence-corrected chi connectivity index (χ1v) is 8.02. The number of aryl methyl sites for hydroxylation is 2. The lowest BCUT2D eigenvalue weighted by atomic mass is 10.1. The van der Waals surface area contributed by atoms with E-state index in [0.29, 0.717) is 5.76 Å². The Morgan fingerprint density at radius 1 is 1.33 bits per heavy atom. The second kappa shape index (κ2) is 7.21. The van der Waals surface area contributed by atoms with Crippen LogP contribution in [0.1, 0.15) is 34.4 Å². The Bertz CT molecular complexity index is 1020. The van der Waals surface area contributed by atoms with Crippen molar-refractivity contribution in [3.8, 4) is 12.0 Å². The summed E-state index contributed by atoms with van der Waals surface area (Å²) in [5.74, 6) is -0.234. The van der Waals surface area contributed by atoms with E-state index >= 15 is 0 Å². The molecule has 3 rings (SSSR count). The van der Waals surface area contributed by atoms with Gasteiger partial charge >= 0.3 is 5.97 Å². The normalized spacial score (nSPS) is 11.6. The number of furan rings is 1. The maximum absolute atomic E-state index is 12.5. The number of amides is 1. The average Bonchev–Trinajstić information content (AvgIpc) is 3.34. The molecule has 0 aliphatic rings. The van der Waals surface area contributed by atoms with Crippen LogP contribution in [0.5, 0.6) is 0 Å². The van der Waals surface area contributed by atoms with Crippen LogP contribution in [0.25, 0.3) is 5.88 Å². The fourth-order valence-electron chi connectivity index (χ4n) is 2.46. The van der Waals surface area contributed by atoms with Gasteiger partial charge in [0.25, 0.3) is 5.91 Å². The van der Waals surface area contributed by atoms with Crippen molar-refractivity contribution >= 4 is 17.7 Å². The van der Waals surface area contributed by atoms with Crippen LogP contribution in [0.4, 0.5) is 5.82 Å². The van der Waals surface area contributed by atoms with E-state index in [1.165, 1.54) is 13.0 Å². The average molecular weight is 368 g/mol. The zero-order valence-electron chi connectivity index (χ0n) is 14.8. The Labute approximate surface area is 154 Å². The standard InChI is InChI=1S/C18H16N4O5/c1-10-8-14(21-27-10)20-16(23)12(3)26-18(24)15-11(2)25-17(13(15)9-19)22-6-4-5-7-22/h4-8,12H,1-3H3,(H,20,21,23)/t12-/m1/s1. The summed E-state index contributed by atoms with van der Waals surface area (Å²) in [5, 5.41) is 15.6. The number of nitrogens with one attached hydrogen (secondary N) is 1. The van der Waals surface area contributed by atoms with Crippen LogP contribution in [0.2, 0.25) is 0 Å². The zero-order valence-corrected chi connectivity index (χ0v) is 14.8. The second-order valence-electron chi connectivity index (χ2n) is 5.78. The highest BCUT2D eigenvalue weighted by atomic mass is 16.5. The number of nitriles is 1. The van der Waals surface area contributed by atoms with Crippen molar-refractivity contribution in [2.24, 2.45) is 0 Å². The maximum atomic E-state index is 12.5. The summed E-state index contributed by atoms with van der Waals surface area (Å²) >= 11 is 0. The lowest BCUT2D eigenvalue weighted by Gasteiger charge is -2.12. The third kappa shape index (κ3) is 3.59. The van der Waals surface area contributed by atoms with E-state index in [9.17, 15) is 14.9 Å². The van der Waals surface area contributed by atoms with Crippen molar-refractivity contribution in [1.82, 2.24) is 9.72 Å². The number of ether oxygens (including phenoxy) is 1. The molecule has 0 saturated carbocycles. The molecule has 0 saturated heterocycles. The molecule has 0 aliphatic heterocycles. The van der Waals surface area contributed by atoms with Crippen molar-refractivity contribution in [1.29, 1.82) is 5.26 Å². The van der Waals surface area contributed by atoms with Crippen LogP contribution >= 0.6 is 0 Å². The number of esters is 1. The van der Waals surface area contributed by atoms with Gasteiger partial charge in [0.15, 0.2) is 11.9 Å². The first-order valence-electron chi connectivity index (χ1n) is 8.02. The van der Waals surface area contributed by atoms with E-state index in [-0.39, 0.29) is 28.6 Å². The van der Waals surface area contributed by atoms with E-state index in [4.69, 9.17) is 13.7 Å². The summed E-state index contributed by atoms with van der Waals surface area (Å²) in [4.78, 5) is 24.7. The molecule has 1 atom stereocenters. The molecule has 0 bridgehead atoms. The van der Waals surface area contributed by atoms with E-state index in [2.05, 4.69) is 10.5 Å². The molecule has 0 aromatic carbocycles. The molecule has 3 heterocycles. The van der Waals surface area contributed by atoms with Gasteiger partial charge < -0.3 is 19.0 Å². The third-order valence-corrected chi connectivity index (χ3v) is 3.75. The van der Waals surface area contributed by atoms with Crippen LogP contribution in [-0.2, 0) is 9.53 Å². The largest absolute Gasteiger partial charge is 0.449 e. The molecule has 3 aromatic heterocycles. The molecule has 1 amide bonds. The molecule has 0 unspecified atom stereocenters. The number of anilines is 1. The minimum Gasteiger partial charge on any atom is -0.449 e. The van der Waals surface area contributed by atoms with Gasteiger partial charge in [0.05, 0.1) is 0 Å². The number of nitrogens with zero attached hydrogens (tertiary/aromatic N) is 3. The fraction of sp³-hybridized carbons (Fsp3) is 0.222. The number of hydrogen-bond donors (Lipinski definition) is 1.